The molecule has 0 saturated carbocycles. The molecular weight excluding hydrogens is 351 g/mol. The van der Waals surface area contributed by atoms with E-state index in [1.807, 2.05) is 0 Å². The number of amides is 3. The molecule has 0 aromatic heterocycles. The average molecular weight is 365 g/mol. The number of rotatable bonds is 2. The van der Waals surface area contributed by atoms with E-state index < -0.39 is 41.4 Å². The predicted molar refractivity (Wildman–Crippen MR) is 84.7 cm³/mol. The molecule has 1 fully saturated rings. The number of halogens is 3. The van der Waals surface area contributed by atoms with Gasteiger partial charge >= 0.3 is 12.2 Å². The minimum Gasteiger partial charge on any atom is -0.384 e. The van der Waals surface area contributed by atoms with Crippen LogP contribution in [0.1, 0.15) is 25.0 Å². The number of hydrogen-bond acceptors (Lipinski definition) is 4. The van der Waals surface area contributed by atoms with E-state index in [1.165, 1.54) is 19.9 Å². The Labute approximate surface area is 147 Å². The smallest absolute Gasteiger partial charge is 0.384 e. The molecule has 0 radical (unpaired) electrons. The molecule has 1 aromatic rings. The summed E-state index contributed by atoms with van der Waals surface area (Å²) in [5.74, 6) is 4.14. The first-order valence-corrected chi connectivity index (χ1v) is 7.39. The highest BCUT2D eigenvalue weighted by Crippen LogP contribution is 2.37. The van der Waals surface area contributed by atoms with Crippen molar-refractivity contribution < 1.29 is 27.9 Å². The van der Waals surface area contributed by atoms with Gasteiger partial charge in [0.25, 0.3) is 5.91 Å². The van der Waals surface area contributed by atoms with Gasteiger partial charge in [0.05, 0.1) is 29.4 Å². The number of imide groups is 1. The van der Waals surface area contributed by atoms with Crippen molar-refractivity contribution in [3.63, 3.8) is 0 Å². The van der Waals surface area contributed by atoms with E-state index in [4.69, 9.17) is 10.4 Å². The largest absolute Gasteiger partial charge is 0.417 e. The van der Waals surface area contributed by atoms with Crippen LogP contribution < -0.4 is 4.90 Å². The fraction of sp³-hybridized carbons (Fsp3) is 0.353. The lowest BCUT2D eigenvalue weighted by atomic mass is 10.0. The number of benzene rings is 1. The van der Waals surface area contributed by atoms with Crippen LogP contribution >= 0.6 is 0 Å². The highest BCUT2D eigenvalue weighted by Gasteiger charge is 2.52. The van der Waals surface area contributed by atoms with E-state index in [1.54, 1.807) is 0 Å². The van der Waals surface area contributed by atoms with E-state index in [-0.39, 0.29) is 12.2 Å². The fourth-order valence-corrected chi connectivity index (χ4v) is 2.52. The molecule has 3 amide bonds. The number of anilines is 1. The lowest BCUT2D eigenvalue weighted by Gasteiger charge is -2.25. The van der Waals surface area contributed by atoms with Crippen LogP contribution in [0.2, 0.25) is 0 Å². The summed E-state index contributed by atoms with van der Waals surface area (Å²) in [4.78, 5) is 26.9. The van der Waals surface area contributed by atoms with Gasteiger partial charge in [-0.25, -0.2) is 9.69 Å². The lowest BCUT2D eigenvalue weighted by Crippen LogP contribution is -2.44. The Morgan fingerprint density at radius 1 is 1.23 bits per heavy atom. The molecular formula is C17H14F3N3O3. The van der Waals surface area contributed by atoms with Crippen LogP contribution in [0.3, 0.4) is 0 Å². The standard InChI is InChI=1S/C17H14F3N3O3/c1-16(2)14(25)23(15(26)22(16)7-3-4-8-24)12-6-5-11(10-21)13(9-12)17(18,19)20/h5-6,9,24H,7-8H2,1-2H3. The first-order chi connectivity index (χ1) is 12.1. The summed E-state index contributed by atoms with van der Waals surface area (Å²) in [6.45, 7) is 2.30. The van der Waals surface area contributed by atoms with E-state index in [0.717, 1.165) is 17.0 Å². The van der Waals surface area contributed by atoms with Crippen LogP contribution in [-0.4, -0.2) is 40.6 Å². The van der Waals surface area contributed by atoms with Crippen molar-refractivity contribution in [2.45, 2.75) is 25.6 Å². The zero-order valence-corrected chi connectivity index (χ0v) is 13.9. The number of aliphatic hydroxyl groups is 1. The normalized spacial score (nSPS) is 16.3. The summed E-state index contributed by atoms with van der Waals surface area (Å²) in [6, 6.07) is 3.25. The van der Waals surface area contributed by atoms with Crippen molar-refractivity contribution in [1.29, 1.82) is 5.26 Å². The first kappa shape index (κ1) is 19.3. The second-order valence-corrected chi connectivity index (χ2v) is 5.92. The molecule has 1 saturated heterocycles. The average Bonchev–Trinajstić information content (AvgIpc) is 2.73. The number of nitriles is 1. The summed E-state index contributed by atoms with van der Waals surface area (Å²) in [5.41, 5.74) is -3.44. The minimum absolute atomic E-state index is 0.170. The Morgan fingerprint density at radius 3 is 2.42 bits per heavy atom. The second-order valence-electron chi connectivity index (χ2n) is 5.92. The van der Waals surface area contributed by atoms with Crippen molar-refractivity contribution in [1.82, 2.24) is 4.90 Å². The van der Waals surface area contributed by atoms with Gasteiger partial charge in [-0.15, -0.1) is 0 Å². The molecule has 9 heteroatoms. The highest BCUT2D eigenvalue weighted by molar-refractivity contribution is 6.23. The number of alkyl halides is 3. The molecule has 1 aromatic carbocycles. The maximum atomic E-state index is 13.1. The highest BCUT2D eigenvalue weighted by atomic mass is 19.4. The third kappa shape index (κ3) is 3.22. The van der Waals surface area contributed by atoms with Gasteiger partial charge in [-0.05, 0) is 32.0 Å². The zero-order chi connectivity index (χ0) is 19.7. The summed E-state index contributed by atoms with van der Waals surface area (Å²) in [7, 11) is 0. The van der Waals surface area contributed by atoms with Gasteiger partial charge in [-0.3, -0.25) is 9.69 Å². The van der Waals surface area contributed by atoms with Crippen LogP contribution in [0.5, 0.6) is 0 Å². The lowest BCUT2D eigenvalue weighted by molar-refractivity contribution is -0.137. The number of urea groups is 1. The fourth-order valence-electron chi connectivity index (χ4n) is 2.52. The van der Waals surface area contributed by atoms with Gasteiger partial charge in [0, 0.05) is 0 Å². The third-order valence-electron chi connectivity index (χ3n) is 3.95. The molecule has 2 rings (SSSR count). The van der Waals surface area contributed by atoms with Gasteiger partial charge in [-0.1, -0.05) is 11.8 Å². The van der Waals surface area contributed by atoms with Crippen LogP contribution in [-0.2, 0) is 11.0 Å². The molecule has 1 aliphatic heterocycles. The number of carbonyl (C=O) groups excluding carboxylic acids is 2. The van der Waals surface area contributed by atoms with E-state index >= 15 is 0 Å². The molecule has 136 valence electrons. The molecule has 1 N–H and O–H groups in total. The third-order valence-corrected chi connectivity index (χ3v) is 3.95. The maximum Gasteiger partial charge on any atom is 0.417 e. The van der Waals surface area contributed by atoms with E-state index in [2.05, 4.69) is 11.8 Å². The van der Waals surface area contributed by atoms with Crippen molar-refractivity contribution in [2.24, 2.45) is 0 Å². The Kier molecular flexibility index (Phi) is 4.97. The van der Waals surface area contributed by atoms with Crippen LogP contribution in [0.4, 0.5) is 23.7 Å². The SMILES string of the molecule is CC1(C)C(=O)N(c2ccc(C#N)c(C(F)(F)F)c2)C(=O)N1CC#CCO. The second kappa shape index (κ2) is 6.70. The van der Waals surface area contributed by atoms with Gasteiger partial charge in [-0.2, -0.15) is 18.4 Å². The van der Waals surface area contributed by atoms with Crippen LogP contribution in [0.25, 0.3) is 0 Å². The molecule has 0 aliphatic carbocycles. The molecule has 1 aliphatic rings. The molecule has 26 heavy (non-hydrogen) atoms. The van der Waals surface area contributed by atoms with Gasteiger partial charge in [0.1, 0.15) is 12.1 Å². The van der Waals surface area contributed by atoms with Gasteiger partial charge < -0.3 is 5.11 Å². The first-order valence-electron chi connectivity index (χ1n) is 7.39. The summed E-state index contributed by atoms with van der Waals surface area (Å²) in [5, 5.41) is 17.5. The number of nitrogens with zero attached hydrogens (tertiary/aromatic N) is 3. The number of carbonyl (C=O) groups is 2. The Hall–Kier alpha value is -3.04. The maximum absolute atomic E-state index is 13.1. The Bertz CT molecular complexity index is 860. The van der Waals surface area contributed by atoms with Crippen LogP contribution in [0.15, 0.2) is 18.2 Å². The minimum atomic E-state index is -4.81. The summed E-state index contributed by atoms with van der Waals surface area (Å²) >= 11 is 0. The van der Waals surface area contributed by atoms with Crippen molar-refractivity contribution in [3.8, 4) is 17.9 Å². The molecule has 0 atom stereocenters. The van der Waals surface area contributed by atoms with Crippen molar-refractivity contribution >= 4 is 17.6 Å². The summed E-state index contributed by atoms with van der Waals surface area (Å²) in [6.07, 6.45) is -4.81. The number of hydrogen-bond donors (Lipinski definition) is 1. The van der Waals surface area contributed by atoms with Crippen molar-refractivity contribution in [3.05, 3.63) is 29.3 Å². The zero-order valence-electron chi connectivity index (χ0n) is 13.9. The monoisotopic (exact) mass is 365 g/mol. The Balaban J connectivity index is 2.51. The molecule has 6 nitrogen and oxygen atoms in total. The number of aliphatic hydroxyl groups excluding tert-OH is 1. The quantitative estimate of drug-likeness (QED) is 0.643. The topological polar surface area (TPSA) is 84.6 Å². The van der Waals surface area contributed by atoms with Crippen molar-refractivity contribution in [2.75, 3.05) is 18.1 Å². The van der Waals surface area contributed by atoms with Gasteiger partial charge in [0.15, 0.2) is 0 Å². The Morgan fingerprint density at radius 2 is 1.88 bits per heavy atom. The van der Waals surface area contributed by atoms with Gasteiger partial charge in [0.2, 0.25) is 0 Å². The van der Waals surface area contributed by atoms with E-state index in [9.17, 15) is 22.8 Å². The predicted octanol–water partition coefficient (Wildman–Crippen LogP) is 2.12. The molecule has 0 bridgehead atoms. The molecule has 1 heterocycles. The van der Waals surface area contributed by atoms with Crippen LogP contribution in [0, 0.1) is 23.2 Å². The summed E-state index contributed by atoms with van der Waals surface area (Å²) < 4.78 is 39.4. The van der Waals surface area contributed by atoms with E-state index in [0.29, 0.717) is 11.0 Å². The molecule has 0 unspecified atom stereocenters. The molecule has 0 spiro atoms.